The van der Waals surface area contributed by atoms with E-state index in [1.165, 1.54) is 5.69 Å². The van der Waals surface area contributed by atoms with Gasteiger partial charge in [0.15, 0.2) is 11.5 Å². The Bertz CT molecular complexity index is 833. The lowest BCUT2D eigenvalue weighted by Crippen LogP contribution is -2.41. The summed E-state index contributed by atoms with van der Waals surface area (Å²) < 4.78 is 13.4. The maximum atomic E-state index is 10.3. The molecule has 1 aliphatic heterocycles. The van der Waals surface area contributed by atoms with E-state index < -0.39 is 6.10 Å². The molecule has 0 bridgehead atoms. The maximum absolute atomic E-state index is 10.3. The summed E-state index contributed by atoms with van der Waals surface area (Å²) in [7, 11) is 1.63. The molecule has 3 rings (SSSR count). The summed E-state index contributed by atoms with van der Waals surface area (Å²) in [4.78, 5) is 2.17. The van der Waals surface area contributed by atoms with Crippen molar-refractivity contribution in [3.8, 4) is 11.5 Å². The molecule has 1 aliphatic rings. The van der Waals surface area contributed by atoms with E-state index in [4.69, 9.17) is 9.47 Å². The van der Waals surface area contributed by atoms with Crippen LogP contribution in [0.15, 0.2) is 24.3 Å². The normalized spacial score (nSPS) is 16.3. The predicted molar refractivity (Wildman–Crippen MR) is 124 cm³/mol. The van der Waals surface area contributed by atoms with Gasteiger partial charge in [-0.25, -0.2) is 0 Å². The number of nitrogens with zero attached hydrogens (tertiary/aromatic N) is 3. The quantitative estimate of drug-likeness (QED) is 0.429. The van der Waals surface area contributed by atoms with Crippen LogP contribution in [-0.4, -0.2) is 77.0 Å². The summed E-state index contributed by atoms with van der Waals surface area (Å²) in [6, 6.07) is 7.99. The van der Waals surface area contributed by atoms with Gasteiger partial charge in [-0.2, -0.15) is 5.10 Å². The molecule has 3 N–H and O–H groups in total. The van der Waals surface area contributed by atoms with Gasteiger partial charge in [0.25, 0.3) is 0 Å². The van der Waals surface area contributed by atoms with E-state index in [2.05, 4.69) is 33.0 Å². The number of aromatic nitrogens is 2. The number of methoxy groups -OCH3 is 1. The number of β-amino-alcohol motifs (C(OH)–C–C–N with tert-alkyl or cyclic N) is 1. The summed E-state index contributed by atoms with van der Waals surface area (Å²) >= 11 is 0. The molecule has 0 aliphatic carbocycles. The molecule has 178 valence electrons. The fourth-order valence-electron chi connectivity index (χ4n) is 4.07. The van der Waals surface area contributed by atoms with Crippen molar-refractivity contribution in [1.29, 1.82) is 0 Å². The number of rotatable bonds is 12. The monoisotopic (exact) mass is 446 g/mol. The van der Waals surface area contributed by atoms with Crippen LogP contribution in [0, 0.1) is 13.8 Å². The molecule has 1 aromatic heterocycles. The van der Waals surface area contributed by atoms with Crippen LogP contribution in [-0.2, 0) is 13.1 Å². The molecule has 1 aromatic carbocycles. The average Bonchev–Trinajstić information content (AvgIpc) is 3.10. The Morgan fingerprint density at radius 2 is 1.97 bits per heavy atom. The van der Waals surface area contributed by atoms with Crippen LogP contribution < -0.4 is 14.8 Å². The van der Waals surface area contributed by atoms with E-state index in [1.54, 1.807) is 7.11 Å². The number of likely N-dealkylation sites (tertiary alicyclic amines) is 1. The highest BCUT2D eigenvalue weighted by atomic mass is 16.5. The molecule has 2 aromatic rings. The van der Waals surface area contributed by atoms with Crippen LogP contribution in [0.4, 0.5) is 0 Å². The van der Waals surface area contributed by atoms with E-state index in [1.807, 2.05) is 25.1 Å². The lowest BCUT2D eigenvalue weighted by molar-refractivity contribution is 0.0333. The minimum atomic E-state index is -0.585. The van der Waals surface area contributed by atoms with Crippen molar-refractivity contribution < 1.29 is 19.7 Å². The van der Waals surface area contributed by atoms with E-state index in [0.29, 0.717) is 18.0 Å². The molecule has 1 saturated heterocycles. The lowest BCUT2D eigenvalue weighted by Gasteiger charge is -2.30. The van der Waals surface area contributed by atoms with Gasteiger partial charge in [0, 0.05) is 38.4 Å². The van der Waals surface area contributed by atoms with Crippen LogP contribution >= 0.6 is 0 Å². The molecule has 32 heavy (non-hydrogen) atoms. The topological polar surface area (TPSA) is 92.0 Å². The van der Waals surface area contributed by atoms with Crippen LogP contribution in [0.5, 0.6) is 11.5 Å². The van der Waals surface area contributed by atoms with Crippen LogP contribution in [0.2, 0.25) is 0 Å². The Morgan fingerprint density at radius 1 is 1.19 bits per heavy atom. The van der Waals surface area contributed by atoms with Gasteiger partial charge in [0.1, 0.15) is 12.7 Å². The van der Waals surface area contributed by atoms with Crippen molar-refractivity contribution in [3.05, 3.63) is 41.2 Å². The first-order chi connectivity index (χ1) is 15.4. The second-order valence-electron chi connectivity index (χ2n) is 8.66. The van der Waals surface area contributed by atoms with E-state index in [9.17, 15) is 10.2 Å². The fraction of sp³-hybridized carbons (Fsp3) is 0.625. The van der Waals surface area contributed by atoms with Crippen LogP contribution in [0.1, 0.15) is 36.2 Å². The molecule has 0 saturated carbocycles. The van der Waals surface area contributed by atoms with Crippen molar-refractivity contribution in [2.24, 2.45) is 0 Å². The molecule has 1 unspecified atom stereocenters. The zero-order valence-electron chi connectivity index (χ0n) is 19.6. The van der Waals surface area contributed by atoms with Crippen LogP contribution in [0.25, 0.3) is 0 Å². The second-order valence-corrected chi connectivity index (χ2v) is 8.66. The average molecular weight is 447 g/mol. The summed E-state index contributed by atoms with van der Waals surface area (Å²) in [5, 5.41) is 27.9. The van der Waals surface area contributed by atoms with Crippen molar-refractivity contribution in [3.63, 3.8) is 0 Å². The maximum Gasteiger partial charge on any atom is 0.161 e. The summed E-state index contributed by atoms with van der Waals surface area (Å²) in [5.74, 6) is 1.30. The highest BCUT2D eigenvalue weighted by molar-refractivity contribution is 5.43. The number of nitrogens with one attached hydrogen (secondary N) is 1. The number of ether oxygens (including phenoxy) is 2. The third-order valence-corrected chi connectivity index (χ3v) is 5.84. The molecule has 0 radical (unpaired) electrons. The van der Waals surface area contributed by atoms with E-state index in [-0.39, 0.29) is 12.7 Å². The van der Waals surface area contributed by atoms with Gasteiger partial charge < -0.3 is 29.9 Å². The van der Waals surface area contributed by atoms with Gasteiger partial charge in [-0.1, -0.05) is 6.07 Å². The predicted octanol–water partition coefficient (Wildman–Crippen LogP) is 1.88. The molecular weight excluding hydrogens is 408 g/mol. The van der Waals surface area contributed by atoms with Crippen molar-refractivity contribution in [2.75, 3.05) is 39.9 Å². The van der Waals surface area contributed by atoms with E-state index >= 15 is 0 Å². The highest BCUT2D eigenvalue weighted by Gasteiger charge is 2.20. The summed E-state index contributed by atoms with van der Waals surface area (Å²) in [6.45, 7) is 9.03. The lowest BCUT2D eigenvalue weighted by atomic mass is 10.1. The summed E-state index contributed by atoms with van der Waals surface area (Å²) in [5.41, 5.74) is 3.37. The number of hydrogen-bond donors (Lipinski definition) is 3. The number of aliphatic hydroxyl groups excluding tert-OH is 2. The summed E-state index contributed by atoms with van der Waals surface area (Å²) in [6.07, 6.45) is 1.74. The Morgan fingerprint density at radius 3 is 2.66 bits per heavy atom. The van der Waals surface area contributed by atoms with Crippen molar-refractivity contribution in [2.45, 2.75) is 58.4 Å². The van der Waals surface area contributed by atoms with E-state index in [0.717, 1.165) is 63.2 Å². The molecule has 8 nitrogen and oxygen atoms in total. The zero-order valence-corrected chi connectivity index (χ0v) is 19.6. The van der Waals surface area contributed by atoms with Gasteiger partial charge in [-0.3, -0.25) is 4.68 Å². The first-order valence-corrected chi connectivity index (χ1v) is 11.5. The second kappa shape index (κ2) is 12.2. The number of piperidine rings is 1. The Kier molecular flexibility index (Phi) is 9.35. The number of hydrogen-bond acceptors (Lipinski definition) is 7. The molecule has 8 heteroatoms. The number of aryl methyl sites for hydroxylation is 3. The minimum absolute atomic E-state index is 0.207. The van der Waals surface area contributed by atoms with Gasteiger partial charge in [-0.15, -0.1) is 0 Å². The fourth-order valence-corrected chi connectivity index (χ4v) is 4.07. The number of aliphatic hydroxyl groups is 2. The van der Waals surface area contributed by atoms with Crippen molar-refractivity contribution >= 4 is 0 Å². The Labute approximate surface area is 191 Å². The van der Waals surface area contributed by atoms with Gasteiger partial charge in [0.2, 0.25) is 0 Å². The molecular formula is C24H38N4O4. The third-order valence-electron chi connectivity index (χ3n) is 5.84. The van der Waals surface area contributed by atoms with Crippen molar-refractivity contribution in [1.82, 2.24) is 20.0 Å². The Hall–Kier alpha value is -2.13. The number of benzene rings is 1. The SMILES string of the molecule is COc1cc(CNCCCn2nc(C)cc2C)ccc1OCC(O)CN1CCC(O)CC1. The van der Waals surface area contributed by atoms with Crippen LogP contribution in [0.3, 0.4) is 0 Å². The minimum Gasteiger partial charge on any atom is -0.493 e. The Balaban J connectivity index is 1.39. The zero-order chi connectivity index (χ0) is 22.9. The van der Waals surface area contributed by atoms with Gasteiger partial charge in [-0.05, 0) is 63.4 Å². The molecule has 0 spiro atoms. The molecule has 1 atom stereocenters. The highest BCUT2D eigenvalue weighted by Crippen LogP contribution is 2.28. The standard InChI is InChI=1S/C24H38N4O4/c1-18-13-19(2)28(26-18)10-4-9-25-15-20-5-6-23(24(14-20)31-3)32-17-22(30)16-27-11-7-21(29)8-12-27/h5-6,13-14,21-22,25,29-30H,4,7-12,15-17H2,1-3H3. The molecule has 2 heterocycles. The van der Waals surface area contributed by atoms with Gasteiger partial charge >= 0.3 is 0 Å². The smallest absolute Gasteiger partial charge is 0.161 e. The molecule has 0 amide bonds. The first-order valence-electron chi connectivity index (χ1n) is 11.5. The largest absolute Gasteiger partial charge is 0.493 e. The van der Waals surface area contributed by atoms with Gasteiger partial charge in [0.05, 0.1) is 18.9 Å². The molecule has 1 fully saturated rings. The third kappa shape index (κ3) is 7.48. The first kappa shape index (κ1) is 24.5.